The first-order chi connectivity index (χ1) is 25.7. The molecule has 0 saturated heterocycles. The van der Waals surface area contributed by atoms with Crippen LogP contribution in [0.3, 0.4) is 0 Å². The van der Waals surface area contributed by atoms with E-state index in [2.05, 4.69) is 10.6 Å². The van der Waals surface area contributed by atoms with Crippen LogP contribution in [0.1, 0.15) is 61.1 Å². The number of hydrogen-bond donors (Lipinski definition) is 6. The number of nitrogens with one attached hydrogen (secondary N) is 2. The van der Waals surface area contributed by atoms with Crippen LogP contribution in [0.5, 0.6) is 23.0 Å². The zero-order chi connectivity index (χ0) is 39.2. The Hall–Kier alpha value is -6.42. The maximum Gasteiger partial charge on any atom is 0.229 e. The van der Waals surface area contributed by atoms with E-state index in [9.17, 15) is 30.0 Å². The van der Waals surface area contributed by atoms with Gasteiger partial charge in [0.15, 0.2) is 11.5 Å². The molecule has 0 spiro atoms. The topological polar surface area (TPSA) is 158 Å². The number of ketones is 2. The number of hydrogen-bond acceptors (Lipinski definition) is 10. The summed E-state index contributed by atoms with van der Waals surface area (Å²) in [6.07, 6.45) is 2.89. The smallest absolute Gasteiger partial charge is 0.229 e. The highest BCUT2D eigenvalue weighted by Gasteiger charge is 2.38. The molecule has 0 amide bonds. The van der Waals surface area contributed by atoms with E-state index in [1.807, 2.05) is 27.7 Å². The van der Waals surface area contributed by atoms with Gasteiger partial charge in [0.2, 0.25) is 11.6 Å². The first kappa shape index (κ1) is 37.3. The molecule has 0 saturated carbocycles. The maximum atomic E-state index is 13.9. The van der Waals surface area contributed by atoms with Crippen molar-refractivity contribution in [2.75, 3.05) is 24.9 Å². The molecule has 0 bridgehead atoms. The SMILES string of the molecule is COc1ccc(N/C=C2\C(=O)C(O)=C(C(C)C)c3cc(C)c(-c4c(C)cc5c(c4O)/C(=C\Nc4ccc(OC)cc4)C(=O)C(O)=C5C(C)C)c(O)c32)cc1. The number of carbonyl (C=O) groups is 2. The molecule has 0 unspecified atom stereocenters. The summed E-state index contributed by atoms with van der Waals surface area (Å²) >= 11 is 0. The lowest BCUT2D eigenvalue weighted by molar-refractivity contribution is -0.113. The summed E-state index contributed by atoms with van der Waals surface area (Å²) < 4.78 is 10.5. The van der Waals surface area contributed by atoms with E-state index in [0.717, 1.165) is 0 Å². The number of Topliss-reactive ketones (excluding diaryl/α,β-unsaturated/α-hetero) is 2. The number of fused-ring (bicyclic) bond motifs is 2. The fraction of sp³-hybridized carbons (Fsp3) is 0.227. The Bertz CT molecular complexity index is 2160. The minimum atomic E-state index is -0.675. The quantitative estimate of drug-likeness (QED) is 0.0918. The Labute approximate surface area is 314 Å². The highest BCUT2D eigenvalue weighted by Crippen LogP contribution is 2.53. The number of methoxy groups -OCH3 is 2. The number of carbonyl (C=O) groups excluding carboxylic acids is 2. The molecule has 278 valence electrons. The molecule has 4 aromatic rings. The minimum Gasteiger partial charge on any atom is -0.507 e. The van der Waals surface area contributed by atoms with Gasteiger partial charge in [-0.3, -0.25) is 9.59 Å². The van der Waals surface area contributed by atoms with Crippen LogP contribution in [0.25, 0.3) is 33.4 Å². The summed E-state index contributed by atoms with van der Waals surface area (Å²) in [7, 11) is 3.12. The van der Waals surface area contributed by atoms with E-state index >= 15 is 0 Å². The average Bonchev–Trinajstić information content (AvgIpc) is 3.13. The minimum absolute atomic E-state index is 0.0194. The number of aliphatic hydroxyl groups is 2. The van der Waals surface area contributed by atoms with Gasteiger partial charge in [-0.1, -0.05) is 39.8 Å². The van der Waals surface area contributed by atoms with Crippen LogP contribution < -0.4 is 20.1 Å². The molecule has 0 fully saturated rings. The van der Waals surface area contributed by atoms with Crippen LogP contribution in [0.15, 0.2) is 84.6 Å². The predicted octanol–water partition coefficient (Wildman–Crippen LogP) is 9.32. The number of phenolic OH excluding ortho intramolecular Hbond substituents is 2. The van der Waals surface area contributed by atoms with Crippen LogP contribution in [0.2, 0.25) is 0 Å². The van der Waals surface area contributed by atoms with Crippen molar-refractivity contribution < 1.29 is 39.5 Å². The van der Waals surface area contributed by atoms with Crippen molar-refractivity contribution in [1.29, 1.82) is 0 Å². The molecule has 0 aliphatic heterocycles. The van der Waals surface area contributed by atoms with Gasteiger partial charge in [-0.05, 0) is 96.5 Å². The second-order valence-electron chi connectivity index (χ2n) is 14.0. The second-order valence-corrected chi connectivity index (χ2v) is 14.0. The van der Waals surface area contributed by atoms with Crippen LogP contribution in [-0.4, -0.2) is 46.2 Å². The third-order valence-electron chi connectivity index (χ3n) is 9.90. The van der Waals surface area contributed by atoms with Crippen LogP contribution >= 0.6 is 0 Å². The zero-order valence-corrected chi connectivity index (χ0v) is 31.5. The number of ether oxygens (including phenoxy) is 2. The standard InChI is InChI=1S/C44H44N2O8/c1-21(2)33-29-17-23(5)35(41(49)37(29)31(39(47)43(33)51)19-45-25-9-13-27(53-7)14-10-25)36-24(6)18-30-34(22(3)4)44(52)40(48)32(38(30)42(36)50)20-46-26-11-15-28(54-8)16-12-26/h9-22,45-46,49-52H,1-8H3/b31-19-,32-20+. The predicted molar refractivity (Wildman–Crippen MR) is 213 cm³/mol. The number of rotatable bonds is 9. The normalized spacial score (nSPS) is 15.7. The third-order valence-corrected chi connectivity index (χ3v) is 9.90. The summed E-state index contributed by atoms with van der Waals surface area (Å²) in [5.74, 6) is -2.00. The van der Waals surface area contributed by atoms with E-state index in [1.54, 1.807) is 88.7 Å². The summed E-state index contributed by atoms with van der Waals surface area (Å²) in [5, 5.41) is 53.4. The number of allylic oxidation sites excluding steroid dienone is 4. The monoisotopic (exact) mass is 728 g/mol. The molecular formula is C44H44N2O8. The van der Waals surface area contributed by atoms with Crippen molar-refractivity contribution in [1.82, 2.24) is 0 Å². The van der Waals surface area contributed by atoms with Gasteiger partial charge in [0, 0.05) is 57.2 Å². The number of aromatic hydroxyl groups is 2. The molecule has 4 aromatic carbocycles. The number of aryl methyl sites for hydroxylation is 2. The Morgan fingerprint density at radius 1 is 0.556 bits per heavy atom. The van der Waals surface area contributed by atoms with Gasteiger partial charge in [-0.15, -0.1) is 0 Å². The Morgan fingerprint density at radius 2 is 0.889 bits per heavy atom. The molecule has 0 heterocycles. The second kappa shape index (κ2) is 14.5. The van der Waals surface area contributed by atoms with Crippen LogP contribution in [0.4, 0.5) is 11.4 Å². The average molecular weight is 729 g/mol. The van der Waals surface area contributed by atoms with Crippen molar-refractivity contribution in [2.45, 2.75) is 41.5 Å². The van der Waals surface area contributed by atoms with Crippen molar-refractivity contribution >= 4 is 45.2 Å². The number of anilines is 2. The largest absolute Gasteiger partial charge is 0.507 e. The first-order valence-corrected chi connectivity index (χ1v) is 17.6. The molecule has 2 aliphatic rings. The van der Waals surface area contributed by atoms with Gasteiger partial charge >= 0.3 is 0 Å². The number of phenols is 2. The number of benzene rings is 4. The van der Waals surface area contributed by atoms with Crippen LogP contribution in [0, 0.1) is 25.7 Å². The molecule has 0 aromatic heterocycles. The Kier molecular flexibility index (Phi) is 10.1. The Balaban J connectivity index is 1.59. The Morgan fingerprint density at radius 3 is 1.19 bits per heavy atom. The molecule has 10 nitrogen and oxygen atoms in total. The van der Waals surface area contributed by atoms with Gasteiger partial charge in [-0.25, -0.2) is 0 Å². The van der Waals surface area contributed by atoms with Gasteiger partial charge in [0.25, 0.3) is 0 Å². The van der Waals surface area contributed by atoms with Gasteiger partial charge in [-0.2, -0.15) is 0 Å². The van der Waals surface area contributed by atoms with E-state index in [0.29, 0.717) is 56.3 Å². The van der Waals surface area contributed by atoms with E-state index in [4.69, 9.17) is 9.47 Å². The van der Waals surface area contributed by atoms with Crippen molar-refractivity contribution in [3.63, 3.8) is 0 Å². The molecule has 6 N–H and O–H groups in total. The van der Waals surface area contributed by atoms with Gasteiger partial charge < -0.3 is 40.5 Å². The lowest BCUT2D eigenvalue weighted by Crippen LogP contribution is -2.20. The molecule has 6 rings (SSSR count). The highest BCUT2D eigenvalue weighted by molar-refractivity contribution is 6.35. The number of aliphatic hydroxyl groups excluding tert-OH is 2. The fourth-order valence-corrected chi connectivity index (χ4v) is 7.31. The molecular weight excluding hydrogens is 684 g/mol. The fourth-order valence-electron chi connectivity index (χ4n) is 7.31. The lowest BCUT2D eigenvalue weighted by Gasteiger charge is -2.29. The van der Waals surface area contributed by atoms with Gasteiger partial charge in [0.05, 0.1) is 25.4 Å². The summed E-state index contributed by atoms with van der Waals surface area (Å²) in [6.45, 7) is 11.0. The highest BCUT2D eigenvalue weighted by atomic mass is 16.5. The van der Waals surface area contributed by atoms with Crippen molar-refractivity contribution in [3.8, 4) is 34.1 Å². The van der Waals surface area contributed by atoms with E-state index < -0.39 is 23.1 Å². The summed E-state index contributed by atoms with van der Waals surface area (Å²) in [5.41, 5.74) is 5.02. The first-order valence-electron chi connectivity index (χ1n) is 17.6. The molecule has 10 heteroatoms. The summed E-state index contributed by atoms with van der Waals surface area (Å²) in [6, 6.07) is 17.7. The maximum absolute atomic E-state index is 13.9. The molecule has 0 atom stereocenters. The van der Waals surface area contributed by atoms with Crippen molar-refractivity contribution in [2.24, 2.45) is 11.8 Å². The molecule has 54 heavy (non-hydrogen) atoms. The summed E-state index contributed by atoms with van der Waals surface area (Å²) in [4.78, 5) is 27.8. The van der Waals surface area contributed by atoms with Gasteiger partial charge in [0.1, 0.15) is 23.0 Å². The molecule has 2 aliphatic carbocycles. The van der Waals surface area contributed by atoms with Crippen LogP contribution in [-0.2, 0) is 9.59 Å². The van der Waals surface area contributed by atoms with E-state index in [-0.39, 0.29) is 56.7 Å². The van der Waals surface area contributed by atoms with E-state index in [1.165, 1.54) is 12.4 Å². The van der Waals surface area contributed by atoms with Crippen molar-refractivity contribution in [3.05, 3.63) is 118 Å². The lowest BCUT2D eigenvalue weighted by atomic mass is 9.75. The molecule has 0 radical (unpaired) electrons. The zero-order valence-electron chi connectivity index (χ0n) is 31.5. The third kappa shape index (κ3) is 6.33.